The lowest BCUT2D eigenvalue weighted by Crippen LogP contribution is -2.41. The highest BCUT2D eigenvalue weighted by Crippen LogP contribution is 2.36. The molecule has 3 aliphatic heterocycles. The number of piperidine rings is 2. The van der Waals surface area contributed by atoms with Gasteiger partial charge in [-0.05, 0) is 97.3 Å². The van der Waals surface area contributed by atoms with Gasteiger partial charge in [-0.25, -0.2) is 14.8 Å². The summed E-state index contributed by atoms with van der Waals surface area (Å²) in [5.41, 5.74) is 7.06. The molecule has 6 heterocycles. The molecule has 1 unspecified atom stereocenters. The zero-order valence-corrected chi connectivity index (χ0v) is 39.5. The van der Waals surface area contributed by atoms with Crippen LogP contribution in [0.5, 0.6) is 5.75 Å². The Morgan fingerprint density at radius 1 is 0.857 bits per heavy atom. The first kappa shape index (κ1) is 46.2. The molecule has 4 amide bonds. The summed E-state index contributed by atoms with van der Waals surface area (Å²) in [6, 6.07) is 28.2. The van der Waals surface area contributed by atoms with Crippen LogP contribution in [-0.2, 0) is 39.1 Å². The van der Waals surface area contributed by atoms with E-state index in [4.69, 9.17) is 14.5 Å². The van der Waals surface area contributed by atoms with Crippen LogP contribution in [0.4, 0.5) is 16.6 Å². The van der Waals surface area contributed by atoms with Gasteiger partial charge in [0.2, 0.25) is 17.7 Å². The molecule has 0 spiro atoms. The third kappa shape index (κ3) is 9.57. The molecule has 7 aromatic rings. The smallest absolute Gasteiger partial charge is 0.355 e. The number of fused-ring (bicyclic) bond motifs is 3. The molecule has 3 aromatic heterocycles. The number of carbonyl (C=O) groups is 5. The van der Waals surface area contributed by atoms with Crippen LogP contribution in [0.3, 0.4) is 0 Å². The van der Waals surface area contributed by atoms with E-state index in [9.17, 15) is 29.1 Å². The summed E-state index contributed by atoms with van der Waals surface area (Å²) < 4.78 is 15.1. The minimum atomic E-state index is -1.15. The van der Waals surface area contributed by atoms with E-state index in [2.05, 4.69) is 30.9 Å². The fourth-order valence-electron chi connectivity index (χ4n) is 9.82. The van der Waals surface area contributed by atoms with Gasteiger partial charge >= 0.3 is 5.97 Å². The second-order valence-electron chi connectivity index (χ2n) is 17.8. The number of nitrogens with zero attached hydrogens (tertiary/aromatic N) is 6. The number of carbonyl (C=O) groups excluding carboxylic acids is 4. The van der Waals surface area contributed by atoms with E-state index >= 15 is 0 Å². The number of likely N-dealkylation sites (tertiary alicyclic amines) is 1. The van der Waals surface area contributed by atoms with Crippen molar-refractivity contribution >= 4 is 78.7 Å². The largest absolute Gasteiger partial charge is 0.491 e. The summed E-state index contributed by atoms with van der Waals surface area (Å²) >= 11 is 1.42. The monoisotopic (exact) mass is 961 g/mol. The number of nitrogens with one attached hydrogen (secondary N) is 3. The number of ether oxygens (including phenoxy) is 2. The fraction of sp³-hybridized carbons (Fsp3) is 0.308. The third-order valence-corrected chi connectivity index (χ3v) is 14.3. The Kier molecular flexibility index (Phi) is 13.1. The van der Waals surface area contributed by atoms with Crippen molar-refractivity contribution in [2.45, 2.75) is 57.6 Å². The number of para-hydroxylation sites is 2. The molecule has 17 nitrogen and oxygen atoms in total. The number of aromatic nitrogens is 4. The maximum atomic E-state index is 13.6. The first-order chi connectivity index (χ1) is 34.0. The Hall–Kier alpha value is -7.54. The number of aromatic carboxylic acids is 1. The molecule has 0 radical (unpaired) electrons. The number of pyridine rings is 1. The van der Waals surface area contributed by atoms with Crippen LogP contribution in [0.15, 0.2) is 91.0 Å². The van der Waals surface area contributed by atoms with Crippen LogP contribution in [0.25, 0.3) is 32.2 Å². The molecule has 3 aliphatic rings. The molecule has 4 aromatic carbocycles. The van der Waals surface area contributed by atoms with Crippen LogP contribution < -0.4 is 25.6 Å². The fourth-order valence-corrected chi connectivity index (χ4v) is 10.7. The topological polar surface area (TPSA) is 210 Å². The van der Waals surface area contributed by atoms with Gasteiger partial charge in [-0.3, -0.25) is 39.4 Å². The number of amides is 4. The molecule has 70 heavy (non-hydrogen) atoms. The second-order valence-corrected chi connectivity index (χ2v) is 18.8. The third-order valence-electron chi connectivity index (χ3n) is 13.3. The van der Waals surface area contributed by atoms with Crippen molar-refractivity contribution in [1.82, 2.24) is 30.0 Å². The highest BCUT2D eigenvalue weighted by Gasteiger charge is 2.33. The first-order valence-corrected chi connectivity index (χ1v) is 24.2. The number of anilines is 3. The van der Waals surface area contributed by atoms with Gasteiger partial charge in [-0.15, -0.1) is 0 Å². The highest BCUT2D eigenvalue weighted by molar-refractivity contribution is 7.22. The zero-order chi connectivity index (χ0) is 48.5. The number of imide groups is 1. The average molecular weight is 962 g/mol. The summed E-state index contributed by atoms with van der Waals surface area (Å²) in [5.74, 6) is -1.62. The second kappa shape index (κ2) is 19.8. The summed E-state index contributed by atoms with van der Waals surface area (Å²) in [7, 11) is 1.78. The SMILES string of the molecule is Cc1c(OCCOC2CCN(CC(=O)Nc3cccc4c(C5CCC(=O)NC5=O)nn(C)c34)CC2)cccc1-c1ccc(N2CCc3cccc(C(=O)Nc4nc5ccccc5s4)c3C2)nc1C(=O)O. The normalized spacial score (nSPS) is 16.5. The van der Waals surface area contributed by atoms with Gasteiger partial charge in [-0.1, -0.05) is 59.9 Å². The van der Waals surface area contributed by atoms with Crippen LogP contribution >= 0.6 is 11.3 Å². The molecule has 2 fully saturated rings. The summed E-state index contributed by atoms with van der Waals surface area (Å²) in [5, 5.41) is 24.8. The summed E-state index contributed by atoms with van der Waals surface area (Å²) in [4.78, 5) is 77.4. The van der Waals surface area contributed by atoms with Crippen molar-refractivity contribution < 1.29 is 38.6 Å². The standard InChI is InChI=1S/C52H51N9O8S/c1-30-33(34-16-18-43(55-47(34)51(66)67)61-25-20-31-8-5-10-35(38(31)28-61)49(64)57-52-54-39-12-3-4-15-42(39)70-52)9-7-14-41(30)69-27-26-68-32-21-23-60(24-22-32)29-45(63)53-40-13-6-11-36-46(58-59(2)48(36)40)37-17-19-44(62)56-50(37)65/h3-16,18,32,37H,17,19-29H2,1-2H3,(H,53,63)(H,66,67)(H,54,57,64)(H,56,62,65). The minimum absolute atomic E-state index is 0.00791. The first-order valence-electron chi connectivity index (χ1n) is 23.4. The Balaban J connectivity index is 0.719. The van der Waals surface area contributed by atoms with Crippen molar-refractivity contribution in [3.05, 3.63) is 125 Å². The Bertz CT molecular complexity index is 3160. The average Bonchev–Trinajstić information content (AvgIpc) is 3.93. The number of rotatable bonds is 14. The molecule has 358 valence electrons. The predicted molar refractivity (Wildman–Crippen MR) is 266 cm³/mol. The van der Waals surface area contributed by atoms with E-state index in [1.165, 1.54) is 11.3 Å². The molecule has 10 rings (SSSR count). The van der Waals surface area contributed by atoms with Crippen LogP contribution in [0, 0.1) is 6.92 Å². The number of hydrogen-bond donors (Lipinski definition) is 4. The van der Waals surface area contributed by atoms with Gasteiger partial charge in [-0.2, -0.15) is 5.10 Å². The molecule has 0 saturated carbocycles. The zero-order valence-electron chi connectivity index (χ0n) is 38.7. The number of thiazole rings is 1. The molecule has 2 saturated heterocycles. The molecule has 18 heteroatoms. The minimum Gasteiger partial charge on any atom is -0.491 e. The summed E-state index contributed by atoms with van der Waals surface area (Å²) in [6.07, 6.45) is 2.81. The number of aryl methyl sites for hydroxylation is 1. The molecule has 0 aliphatic carbocycles. The van der Waals surface area contributed by atoms with Crippen LogP contribution in [0.2, 0.25) is 0 Å². The van der Waals surface area contributed by atoms with Crippen molar-refractivity contribution in [2.24, 2.45) is 7.05 Å². The van der Waals surface area contributed by atoms with Crippen LogP contribution in [0.1, 0.15) is 74.8 Å². The number of carboxylic acids is 1. The van der Waals surface area contributed by atoms with Crippen molar-refractivity contribution in [3.63, 3.8) is 0 Å². The van der Waals surface area contributed by atoms with Crippen LogP contribution in [-0.4, -0.2) is 105 Å². The quantitative estimate of drug-likeness (QED) is 0.0635. The van der Waals surface area contributed by atoms with Crippen molar-refractivity contribution in [3.8, 4) is 16.9 Å². The molecule has 1 atom stereocenters. The molecule has 4 N–H and O–H groups in total. The van der Waals surface area contributed by atoms with Gasteiger partial charge in [0.1, 0.15) is 18.2 Å². The number of benzene rings is 4. The lowest BCUT2D eigenvalue weighted by molar-refractivity contribution is -0.134. The van der Waals surface area contributed by atoms with E-state index in [-0.39, 0.29) is 55.0 Å². The number of carboxylic acid groups (broad SMARTS) is 1. The lowest BCUT2D eigenvalue weighted by atomic mass is 9.92. The van der Waals surface area contributed by atoms with Crippen molar-refractivity contribution in [1.29, 1.82) is 0 Å². The van der Waals surface area contributed by atoms with Crippen molar-refractivity contribution in [2.75, 3.05) is 54.9 Å². The van der Waals surface area contributed by atoms with E-state index in [0.717, 1.165) is 45.1 Å². The van der Waals surface area contributed by atoms with Gasteiger partial charge < -0.3 is 24.8 Å². The Morgan fingerprint density at radius 3 is 2.49 bits per heavy atom. The van der Waals surface area contributed by atoms with E-state index in [0.29, 0.717) is 95.9 Å². The van der Waals surface area contributed by atoms with E-state index in [1.807, 2.05) is 90.7 Å². The molecule has 0 bridgehead atoms. The molecular weight excluding hydrogens is 911 g/mol. The predicted octanol–water partition coefficient (Wildman–Crippen LogP) is 7.09. The van der Waals surface area contributed by atoms with Gasteiger partial charge in [0.25, 0.3) is 5.91 Å². The van der Waals surface area contributed by atoms with Gasteiger partial charge in [0, 0.05) is 56.2 Å². The molecular formula is C52H51N9O8S. The van der Waals surface area contributed by atoms with Gasteiger partial charge in [0.05, 0.1) is 52.3 Å². The Morgan fingerprint density at radius 2 is 1.67 bits per heavy atom. The maximum Gasteiger partial charge on any atom is 0.355 e. The van der Waals surface area contributed by atoms with E-state index < -0.39 is 11.9 Å². The number of hydrogen-bond acceptors (Lipinski definition) is 13. The van der Waals surface area contributed by atoms with E-state index in [1.54, 1.807) is 23.9 Å². The van der Waals surface area contributed by atoms with Gasteiger partial charge in [0.15, 0.2) is 10.8 Å². The Labute approximate surface area is 406 Å². The highest BCUT2D eigenvalue weighted by atomic mass is 32.1. The lowest BCUT2D eigenvalue weighted by Gasteiger charge is -2.31. The summed E-state index contributed by atoms with van der Waals surface area (Å²) in [6.45, 7) is 5.10. The maximum absolute atomic E-state index is 13.6.